The molecule has 1 aliphatic rings. The van der Waals surface area contributed by atoms with Crippen molar-refractivity contribution >= 4 is 0 Å². The van der Waals surface area contributed by atoms with Gasteiger partial charge in [0.2, 0.25) is 0 Å². The third-order valence-electron chi connectivity index (χ3n) is 3.19. The van der Waals surface area contributed by atoms with E-state index in [2.05, 4.69) is 30.4 Å². The van der Waals surface area contributed by atoms with Crippen LogP contribution < -0.4 is 10.1 Å². The van der Waals surface area contributed by atoms with Crippen LogP contribution in [0.1, 0.15) is 29.9 Å². The second kappa shape index (κ2) is 4.67. The standard InChI is InChI=1S/C13H19NO/c1-10-8-11(5-6-13(10)15-2)12-4-3-7-14-9-12/h5-6,8,12,14H,3-4,7,9H2,1-2H3/t12-/m0/s1. The van der Waals surface area contributed by atoms with E-state index in [1.165, 1.54) is 30.5 Å². The van der Waals surface area contributed by atoms with Crippen molar-refractivity contribution in [1.82, 2.24) is 5.32 Å². The number of methoxy groups -OCH3 is 1. The van der Waals surface area contributed by atoms with Gasteiger partial charge in [0.25, 0.3) is 0 Å². The number of ether oxygens (including phenoxy) is 1. The van der Waals surface area contributed by atoms with Gasteiger partial charge in [-0.25, -0.2) is 0 Å². The molecule has 1 N–H and O–H groups in total. The first-order valence-electron chi connectivity index (χ1n) is 5.66. The molecule has 2 heteroatoms. The Morgan fingerprint density at radius 3 is 2.87 bits per heavy atom. The van der Waals surface area contributed by atoms with Crippen molar-refractivity contribution in [1.29, 1.82) is 0 Å². The molecule has 2 nitrogen and oxygen atoms in total. The Bertz CT molecular complexity index is 329. The summed E-state index contributed by atoms with van der Waals surface area (Å²) < 4.78 is 5.27. The fourth-order valence-corrected chi connectivity index (χ4v) is 2.29. The van der Waals surface area contributed by atoms with Gasteiger partial charge in [-0.15, -0.1) is 0 Å². The SMILES string of the molecule is COc1ccc([C@H]2CCCNC2)cc1C. The van der Waals surface area contributed by atoms with Crippen molar-refractivity contribution in [3.63, 3.8) is 0 Å². The largest absolute Gasteiger partial charge is 0.496 e. The molecule has 0 radical (unpaired) electrons. The highest BCUT2D eigenvalue weighted by Crippen LogP contribution is 2.27. The highest BCUT2D eigenvalue weighted by molar-refractivity contribution is 5.37. The minimum absolute atomic E-state index is 0.684. The van der Waals surface area contributed by atoms with Gasteiger partial charge < -0.3 is 10.1 Å². The van der Waals surface area contributed by atoms with Crippen LogP contribution in [0.5, 0.6) is 5.75 Å². The number of rotatable bonds is 2. The first kappa shape index (κ1) is 10.5. The van der Waals surface area contributed by atoms with Crippen LogP contribution >= 0.6 is 0 Å². The van der Waals surface area contributed by atoms with E-state index in [0.29, 0.717) is 5.92 Å². The fraction of sp³-hybridized carbons (Fsp3) is 0.538. The summed E-state index contributed by atoms with van der Waals surface area (Å²) >= 11 is 0. The van der Waals surface area contributed by atoms with Gasteiger partial charge >= 0.3 is 0 Å². The zero-order chi connectivity index (χ0) is 10.7. The van der Waals surface area contributed by atoms with Gasteiger partial charge in [0.15, 0.2) is 0 Å². The lowest BCUT2D eigenvalue weighted by Gasteiger charge is -2.23. The minimum atomic E-state index is 0.684. The summed E-state index contributed by atoms with van der Waals surface area (Å²) in [4.78, 5) is 0. The molecule has 1 atom stereocenters. The lowest BCUT2D eigenvalue weighted by atomic mass is 9.91. The van der Waals surface area contributed by atoms with Gasteiger partial charge in [-0.3, -0.25) is 0 Å². The molecule has 1 aromatic rings. The van der Waals surface area contributed by atoms with Gasteiger partial charge in [0.05, 0.1) is 7.11 Å². The first-order valence-corrected chi connectivity index (χ1v) is 5.66. The molecule has 1 aromatic carbocycles. The van der Waals surface area contributed by atoms with Crippen LogP contribution in [0, 0.1) is 6.92 Å². The zero-order valence-electron chi connectivity index (χ0n) is 9.55. The average molecular weight is 205 g/mol. The molecular formula is C13H19NO. The quantitative estimate of drug-likeness (QED) is 0.801. The van der Waals surface area contributed by atoms with Gasteiger partial charge in [-0.2, -0.15) is 0 Å². The number of hydrogen-bond donors (Lipinski definition) is 1. The Labute approximate surface area is 91.6 Å². The van der Waals surface area contributed by atoms with Crippen molar-refractivity contribution in [2.75, 3.05) is 20.2 Å². The van der Waals surface area contributed by atoms with Crippen LogP contribution in [-0.2, 0) is 0 Å². The second-order valence-corrected chi connectivity index (χ2v) is 4.27. The van der Waals surface area contributed by atoms with Crippen molar-refractivity contribution in [3.8, 4) is 5.75 Å². The first-order chi connectivity index (χ1) is 7.31. The zero-order valence-corrected chi connectivity index (χ0v) is 9.55. The molecule has 0 spiro atoms. The highest BCUT2D eigenvalue weighted by atomic mass is 16.5. The number of hydrogen-bond acceptors (Lipinski definition) is 2. The monoisotopic (exact) mass is 205 g/mol. The van der Waals surface area contributed by atoms with Gasteiger partial charge in [-0.05, 0) is 49.4 Å². The Morgan fingerprint density at radius 1 is 1.40 bits per heavy atom. The molecule has 0 unspecified atom stereocenters. The Kier molecular flexibility index (Phi) is 3.27. The number of piperidine rings is 1. The summed E-state index contributed by atoms with van der Waals surface area (Å²) in [7, 11) is 1.73. The third kappa shape index (κ3) is 2.32. The van der Waals surface area contributed by atoms with Gasteiger partial charge in [0, 0.05) is 6.54 Å². The molecule has 82 valence electrons. The molecule has 0 aromatic heterocycles. The topological polar surface area (TPSA) is 21.3 Å². The van der Waals surface area contributed by atoms with Crippen LogP contribution in [0.15, 0.2) is 18.2 Å². The highest BCUT2D eigenvalue weighted by Gasteiger charge is 2.15. The van der Waals surface area contributed by atoms with E-state index in [0.717, 1.165) is 12.3 Å². The molecular weight excluding hydrogens is 186 g/mol. The number of benzene rings is 1. The number of aryl methyl sites for hydroxylation is 1. The van der Waals surface area contributed by atoms with Crippen LogP contribution in [0.3, 0.4) is 0 Å². The van der Waals surface area contributed by atoms with Crippen LogP contribution in [0.25, 0.3) is 0 Å². The molecule has 0 amide bonds. The van der Waals surface area contributed by atoms with E-state index in [1.54, 1.807) is 7.11 Å². The third-order valence-corrected chi connectivity index (χ3v) is 3.19. The molecule has 15 heavy (non-hydrogen) atoms. The Morgan fingerprint density at radius 2 is 2.27 bits per heavy atom. The summed E-state index contributed by atoms with van der Waals surface area (Å²) in [5, 5.41) is 3.45. The molecule has 1 heterocycles. The lowest BCUT2D eigenvalue weighted by molar-refractivity contribution is 0.410. The van der Waals surface area contributed by atoms with E-state index in [9.17, 15) is 0 Å². The predicted molar refractivity (Wildman–Crippen MR) is 62.6 cm³/mol. The van der Waals surface area contributed by atoms with E-state index < -0.39 is 0 Å². The van der Waals surface area contributed by atoms with Gasteiger partial charge in [-0.1, -0.05) is 12.1 Å². The Hall–Kier alpha value is -1.02. The van der Waals surface area contributed by atoms with E-state index in [-0.39, 0.29) is 0 Å². The van der Waals surface area contributed by atoms with Crippen LogP contribution in [0.2, 0.25) is 0 Å². The van der Waals surface area contributed by atoms with Gasteiger partial charge in [0.1, 0.15) is 5.75 Å². The maximum absolute atomic E-state index is 5.27. The summed E-state index contributed by atoms with van der Waals surface area (Å²) in [5.41, 5.74) is 2.68. The maximum Gasteiger partial charge on any atom is 0.121 e. The van der Waals surface area contributed by atoms with Crippen LogP contribution in [-0.4, -0.2) is 20.2 Å². The number of nitrogens with one attached hydrogen (secondary N) is 1. The molecule has 0 bridgehead atoms. The van der Waals surface area contributed by atoms with E-state index in [4.69, 9.17) is 4.74 Å². The summed E-state index contributed by atoms with van der Waals surface area (Å²) in [6, 6.07) is 6.54. The second-order valence-electron chi connectivity index (χ2n) is 4.27. The summed E-state index contributed by atoms with van der Waals surface area (Å²) in [5.74, 6) is 1.67. The summed E-state index contributed by atoms with van der Waals surface area (Å²) in [6.07, 6.45) is 2.59. The van der Waals surface area contributed by atoms with E-state index >= 15 is 0 Å². The normalized spacial score (nSPS) is 21.3. The van der Waals surface area contributed by atoms with Crippen molar-refractivity contribution < 1.29 is 4.74 Å². The smallest absolute Gasteiger partial charge is 0.121 e. The molecule has 1 aliphatic heterocycles. The molecule has 1 saturated heterocycles. The van der Waals surface area contributed by atoms with Crippen molar-refractivity contribution in [2.24, 2.45) is 0 Å². The molecule has 2 rings (SSSR count). The van der Waals surface area contributed by atoms with Crippen molar-refractivity contribution in [3.05, 3.63) is 29.3 Å². The Balaban J connectivity index is 2.17. The molecule has 0 saturated carbocycles. The molecule has 1 fully saturated rings. The maximum atomic E-state index is 5.27. The van der Waals surface area contributed by atoms with Crippen molar-refractivity contribution in [2.45, 2.75) is 25.7 Å². The van der Waals surface area contributed by atoms with Crippen LogP contribution in [0.4, 0.5) is 0 Å². The fourth-order valence-electron chi connectivity index (χ4n) is 2.29. The summed E-state index contributed by atoms with van der Waals surface area (Å²) in [6.45, 7) is 4.40. The average Bonchev–Trinajstić information content (AvgIpc) is 2.30. The predicted octanol–water partition coefficient (Wildman–Crippen LogP) is 2.47. The minimum Gasteiger partial charge on any atom is -0.496 e. The van der Waals surface area contributed by atoms with E-state index in [1.807, 2.05) is 0 Å². The lowest BCUT2D eigenvalue weighted by Crippen LogP contribution is -2.28. The molecule has 0 aliphatic carbocycles.